The van der Waals surface area contributed by atoms with Crippen molar-refractivity contribution in [1.82, 2.24) is 0 Å². The van der Waals surface area contributed by atoms with E-state index in [4.69, 9.17) is 9.84 Å². The summed E-state index contributed by atoms with van der Waals surface area (Å²) in [4.78, 5) is 10.8. The zero-order chi connectivity index (χ0) is 14.0. The highest BCUT2D eigenvalue weighted by Gasteiger charge is 2.44. The first kappa shape index (κ1) is 13.7. The van der Waals surface area contributed by atoms with Gasteiger partial charge in [0.1, 0.15) is 5.75 Å². The second-order valence-electron chi connectivity index (χ2n) is 4.57. The third-order valence-corrected chi connectivity index (χ3v) is 3.05. The Bertz CT molecular complexity index is 470. The molecule has 104 valence electrons. The highest BCUT2D eigenvalue weighted by Crippen LogP contribution is 2.48. The monoisotopic (exact) mass is 274 g/mol. The Kier molecular flexibility index (Phi) is 3.68. The minimum absolute atomic E-state index is 0.0522. The minimum Gasteiger partial charge on any atom is -0.493 e. The Morgan fingerprint density at radius 3 is 2.74 bits per heavy atom. The van der Waals surface area contributed by atoms with Crippen LogP contribution in [0.15, 0.2) is 24.3 Å². The Morgan fingerprint density at radius 1 is 1.42 bits per heavy atom. The highest BCUT2D eigenvalue weighted by molar-refractivity contribution is 5.75. The number of benzene rings is 1. The van der Waals surface area contributed by atoms with Gasteiger partial charge in [-0.15, -0.1) is 0 Å². The Morgan fingerprint density at radius 2 is 2.16 bits per heavy atom. The van der Waals surface area contributed by atoms with E-state index in [-0.39, 0.29) is 11.8 Å². The van der Waals surface area contributed by atoms with Crippen LogP contribution in [0.1, 0.15) is 24.3 Å². The van der Waals surface area contributed by atoms with E-state index in [0.29, 0.717) is 12.2 Å². The number of aliphatic carboxylic acids is 1. The molecule has 1 aliphatic rings. The van der Waals surface area contributed by atoms with Gasteiger partial charge in [0.25, 0.3) is 0 Å². The summed E-state index contributed by atoms with van der Waals surface area (Å²) in [7, 11) is 0. The number of hydrogen-bond acceptors (Lipinski definition) is 2. The van der Waals surface area contributed by atoms with Crippen molar-refractivity contribution < 1.29 is 27.8 Å². The fraction of sp³-hybridized carbons (Fsp3) is 0.462. The van der Waals surface area contributed by atoms with Crippen molar-refractivity contribution in [1.29, 1.82) is 0 Å². The summed E-state index contributed by atoms with van der Waals surface area (Å²) in [5, 5.41) is 8.83. The van der Waals surface area contributed by atoms with Crippen molar-refractivity contribution in [3.05, 3.63) is 29.8 Å². The van der Waals surface area contributed by atoms with Gasteiger partial charge in [0.2, 0.25) is 0 Å². The summed E-state index contributed by atoms with van der Waals surface area (Å²) < 4.78 is 40.9. The van der Waals surface area contributed by atoms with E-state index in [9.17, 15) is 18.0 Å². The van der Waals surface area contributed by atoms with Gasteiger partial charge in [0, 0.05) is 0 Å². The van der Waals surface area contributed by atoms with Gasteiger partial charge >= 0.3 is 12.1 Å². The number of carboxylic acid groups (broad SMARTS) is 1. The molecule has 1 aliphatic carbocycles. The van der Waals surface area contributed by atoms with Gasteiger partial charge in [-0.1, -0.05) is 12.1 Å². The molecule has 3 nitrogen and oxygen atoms in total. The number of carboxylic acids is 1. The smallest absolute Gasteiger partial charge is 0.392 e. The molecule has 0 bridgehead atoms. The van der Waals surface area contributed by atoms with Crippen molar-refractivity contribution in [2.24, 2.45) is 5.92 Å². The summed E-state index contributed by atoms with van der Waals surface area (Å²) in [6.07, 6.45) is -4.66. The van der Waals surface area contributed by atoms with Crippen LogP contribution in [0.2, 0.25) is 0 Å². The lowest BCUT2D eigenvalue weighted by Gasteiger charge is -2.09. The van der Waals surface area contributed by atoms with E-state index in [1.807, 2.05) is 0 Å². The SMILES string of the molecule is O=C(O)[C@@H]1C[C@H]1c1cccc(OCCC(F)(F)F)c1. The number of carbonyl (C=O) groups is 1. The molecule has 1 saturated carbocycles. The van der Waals surface area contributed by atoms with Gasteiger partial charge in [-0.3, -0.25) is 4.79 Å². The fourth-order valence-electron chi connectivity index (χ4n) is 1.96. The van der Waals surface area contributed by atoms with E-state index < -0.39 is 25.2 Å². The van der Waals surface area contributed by atoms with Gasteiger partial charge in [-0.05, 0) is 30.0 Å². The van der Waals surface area contributed by atoms with E-state index in [1.54, 1.807) is 24.3 Å². The maximum atomic E-state index is 12.0. The molecule has 0 saturated heterocycles. The number of ether oxygens (including phenoxy) is 1. The maximum Gasteiger partial charge on any atom is 0.392 e. The molecule has 6 heteroatoms. The summed E-state index contributed by atoms with van der Waals surface area (Å²) >= 11 is 0. The lowest BCUT2D eigenvalue weighted by Crippen LogP contribution is -2.13. The summed E-state index contributed by atoms with van der Waals surface area (Å²) in [5.74, 6) is -0.930. The summed E-state index contributed by atoms with van der Waals surface area (Å²) in [5.41, 5.74) is 0.803. The van der Waals surface area contributed by atoms with Crippen LogP contribution >= 0.6 is 0 Å². The molecule has 0 aromatic heterocycles. The van der Waals surface area contributed by atoms with Crippen LogP contribution in [0, 0.1) is 5.92 Å². The van der Waals surface area contributed by atoms with Crippen molar-refractivity contribution in [2.45, 2.75) is 24.9 Å². The van der Waals surface area contributed by atoms with Crippen molar-refractivity contribution >= 4 is 5.97 Å². The fourth-order valence-corrected chi connectivity index (χ4v) is 1.96. The van der Waals surface area contributed by atoms with Gasteiger partial charge in [-0.2, -0.15) is 13.2 Å². The lowest BCUT2D eigenvalue weighted by atomic mass is 10.1. The number of rotatable bonds is 5. The molecule has 19 heavy (non-hydrogen) atoms. The quantitative estimate of drug-likeness (QED) is 0.896. The molecule has 0 amide bonds. The first-order chi connectivity index (χ1) is 8.87. The predicted molar refractivity (Wildman–Crippen MR) is 61.1 cm³/mol. The Hall–Kier alpha value is -1.72. The van der Waals surface area contributed by atoms with Crippen LogP contribution in [0.3, 0.4) is 0 Å². The van der Waals surface area contributed by atoms with Crippen LogP contribution in [-0.4, -0.2) is 23.9 Å². The third kappa shape index (κ3) is 3.87. The van der Waals surface area contributed by atoms with Crippen LogP contribution < -0.4 is 4.74 Å². The first-order valence-electron chi connectivity index (χ1n) is 5.89. The molecule has 2 rings (SSSR count). The molecular weight excluding hydrogens is 261 g/mol. The van der Waals surface area contributed by atoms with Crippen LogP contribution in [0.25, 0.3) is 0 Å². The molecular formula is C13H13F3O3. The number of halogens is 3. The molecule has 0 heterocycles. The number of alkyl halides is 3. The van der Waals surface area contributed by atoms with Crippen molar-refractivity contribution in [3.8, 4) is 5.75 Å². The van der Waals surface area contributed by atoms with E-state index in [2.05, 4.69) is 0 Å². The average molecular weight is 274 g/mol. The van der Waals surface area contributed by atoms with E-state index in [1.165, 1.54) is 0 Å². The average Bonchev–Trinajstić information content (AvgIpc) is 3.07. The van der Waals surface area contributed by atoms with Gasteiger partial charge in [-0.25, -0.2) is 0 Å². The van der Waals surface area contributed by atoms with Crippen LogP contribution in [0.5, 0.6) is 5.75 Å². The third-order valence-electron chi connectivity index (χ3n) is 3.05. The molecule has 1 fully saturated rings. The largest absolute Gasteiger partial charge is 0.493 e. The molecule has 0 spiro atoms. The molecule has 1 aromatic rings. The Balaban J connectivity index is 1.91. The molecule has 0 unspecified atom stereocenters. The van der Waals surface area contributed by atoms with Gasteiger partial charge in [0.05, 0.1) is 18.9 Å². The van der Waals surface area contributed by atoms with Crippen molar-refractivity contribution in [3.63, 3.8) is 0 Å². The van der Waals surface area contributed by atoms with Crippen LogP contribution in [0.4, 0.5) is 13.2 Å². The second kappa shape index (κ2) is 5.11. The maximum absolute atomic E-state index is 12.0. The van der Waals surface area contributed by atoms with E-state index in [0.717, 1.165) is 5.56 Å². The molecule has 1 aromatic carbocycles. The number of hydrogen-bond donors (Lipinski definition) is 1. The standard InChI is InChI=1S/C13H13F3O3/c14-13(15,16)4-5-19-9-3-1-2-8(6-9)10-7-11(10)12(17)18/h1-3,6,10-11H,4-5,7H2,(H,17,18)/t10-,11+/m0/s1. The highest BCUT2D eigenvalue weighted by atomic mass is 19.4. The topological polar surface area (TPSA) is 46.5 Å². The molecule has 0 radical (unpaired) electrons. The van der Waals surface area contributed by atoms with E-state index >= 15 is 0 Å². The summed E-state index contributed by atoms with van der Waals surface area (Å²) in [6.45, 7) is -0.431. The van der Waals surface area contributed by atoms with Crippen LogP contribution in [-0.2, 0) is 4.79 Å². The zero-order valence-corrected chi connectivity index (χ0v) is 9.98. The van der Waals surface area contributed by atoms with Gasteiger partial charge in [0.15, 0.2) is 0 Å². The summed E-state index contributed by atoms with van der Waals surface area (Å²) in [6, 6.07) is 6.61. The van der Waals surface area contributed by atoms with Gasteiger partial charge < -0.3 is 9.84 Å². The minimum atomic E-state index is -4.23. The first-order valence-corrected chi connectivity index (χ1v) is 5.89. The molecule has 1 N–H and O–H groups in total. The normalized spacial score (nSPS) is 22.1. The molecule has 2 atom stereocenters. The zero-order valence-electron chi connectivity index (χ0n) is 9.98. The van der Waals surface area contributed by atoms with Crippen molar-refractivity contribution in [2.75, 3.05) is 6.61 Å². The lowest BCUT2D eigenvalue weighted by molar-refractivity contribution is -0.140. The Labute approximate surface area is 108 Å². The molecule has 0 aliphatic heterocycles. The predicted octanol–water partition coefficient (Wildman–Crippen LogP) is 3.21. The second-order valence-corrected chi connectivity index (χ2v) is 4.57.